The minimum atomic E-state index is -3.23. The Bertz CT molecular complexity index is 851. The molecule has 2 rings (SSSR count). The summed E-state index contributed by atoms with van der Waals surface area (Å²) in [7, 11) is 0.0706. The number of anilines is 1. The van der Waals surface area contributed by atoms with Crippen molar-refractivity contribution >= 4 is 33.4 Å². The largest absolute Gasteiger partial charge is 0.347 e. The van der Waals surface area contributed by atoms with Crippen LogP contribution in [0.2, 0.25) is 0 Å². The molecule has 0 radical (unpaired) electrons. The Morgan fingerprint density at radius 1 is 1.19 bits per heavy atom. The van der Waals surface area contributed by atoms with E-state index in [1.54, 1.807) is 39.2 Å². The summed E-state index contributed by atoms with van der Waals surface area (Å²) in [5.41, 5.74) is 1.57. The Morgan fingerprint density at radius 2 is 1.89 bits per heavy atom. The van der Waals surface area contributed by atoms with Crippen molar-refractivity contribution in [3.8, 4) is 0 Å². The molecule has 0 aromatic heterocycles. The van der Waals surface area contributed by atoms with Gasteiger partial charge in [-0.15, -0.1) is 0 Å². The van der Waals surface area contributed by atoms with E-state index in [1.807, 2.05) is 0 Å². The van der Waals surface area contributed by atoms with Gasteiger partial charge in [-0.1, -0.05) is 0 Å². The van der Waals surface area contributed by atoms with Gasteiger partial charge in [0.1, 0.15) is 0 Å². The zero-order valence-electron chi connectivity index (χ0n) is 15.6. The topological polar surface area (TPSA) is 116 Å². The van der Waals surface area contributed by atoms with Crippen molar-refractivity contribution in [1.29, 1.82) is 0 Å². The summed E-state index contributed by atoms with van der Waals surface area (Å²) in [4.78, 5) is 37.3. The second-order valence-electron chi connectivity index (χ2n) is 6.51. The molecule has 0 bridgehead atoms. The number of hydrogen-bond acceptors (Lipinski definition) is 5. The van der Waals surface area contributed by atoms with E-state index in [0.717, 1.165) is 0 Å². The van der Waals surface area contributed by atoms with Gasteiger partial charge < -0.3 is 15.5 Å². The van der Waals surface area contributed by atoms with Crippen LogP contribution in [0.15, 0.2) is 18.2 Å². The number of nitrogens with one attached hydrogen (secondary N) is 2. The monoisotopic (exact) mass is 396 g/mol. The third-order valence-corrected chi connectivity index (χ3v) is 6.13. The second-order valence-corrected chi connectivity index (χ2v) is 8.60. The van der Waals surface area contributed by atoms with Gasteiger partial charge in [-0.3, -0.25) is 14.4 Å². The first-order valence-corrected chi connectivity index (χ1v) is 10.1. The minimum absolute atomic E-state index is 0.0563. The zero-order chi connectivity index (χ0) is 20.2. The molecule has 1 aliphatic heterocycles. The predicted octanol–water partition coefficient (Wildman–Crippen LogP) is -0.213. The molecule has 0 aliphatic carbocycles. The summed E-state index contributed by atoms with van der Waals surface area (Å²) < 4.78 is 24.6. The van der Waals surface area contributed by atoms with Crippen LogP contribution < -0.4 is 10.6 Å². The number of carbonyl (C=O) groups excluding carboxylic acids is 3. The Kier molecular flexibility index (Phi) is 6.55. The molecule has 27 heavy (non-hydrogen) atoms. The number of aryl methyl sites for hydroxylation is 1. The fourth-order valence-electron chi connectivity index (χ4n) is 2.73. The highest BCUT2D eigenvalue weighted by Gasteiger charge is 2.27. The summed E-state index contributed by atoms with van der Waals surface area (Å²) in [5.74, 6) is -1.74. The molecule has 9 nitrogen and oxygen atoms in total. The van der Waals surface area contributed by atoms with Gasteiger partial charge in [0.05, 0.1) is 5.75 Å². The molecule has 0 saturated carbocycles. The van der Waals surface area contributed by atoms with E-state index in [2.05, 4.69) is 10.6 Å². The molecule has 1 aromatic carbocycles. The lowest BCUT2D eigenvalue weighted by molar-refractivity contribution is -0.136. The average molecular weight is 396 g/mol. The van der Waals surface area contributed by atoms with Crippen LogP contribution in [0, 0.1) is 6.92 Å². The average Bonchev–Trinajstić information content (AvgIpc) is 2.92. The lowest BCUT2D eigenvalue weighted by atomic mass is 10.1. The highest BCUT2D eigenvalue weighted by Crippen LogP contribution is 2.16. The first-order chi connectivity index (χ1) is 12.6. The van der Waals surface area contributed by atoms with Crippen molar-refractivity contribution in [2.24, 2.45) is 0 Å². The second kappa shape index (κ2) is 8.49. The van der Waals surface area contributed by atoms with Gasteiger partial charge in [0.25, 0.3) is 5.91 Å². The molecule has 1 fully saturated rings. The van der Waals surface area contributed by atoms with Crippen molar-refractivity contribution in [2.75, 3.05) is 44.8 Å². The van der Waals surface area contributed by atoms with Gasteiger partial charge in [-0.25, -0.2) is 12.7 Å². The van der Waals surface area contributed by atoms with E-state index in [-0.39, 0.29) is 24.7 Å². The number of benzene rings is 1. The summed E-state index contributed by atoms with van der Waals surface area (Å²) in [6.07, 6.45) is 0.572. The molecule has 1 aliphatic rings. The zero-order valence-corrected chi connectivity index (χ0v) is 16.4. The van der Waals surface area contributed by atoms with Gasteiger partial charge in [0.15, 0.2) is 0 Å². The molecule has 1 aromatic rings. The van der Waals surface area contributed by atoms with Crippen LogP contribution >= 0.6 is 0 Å². The Labute approximate surface area is 158 Å². The molecule has 148 valence electrons. The molecular formula is C17H24N4O5S. The molecule has 10 heteroatoms. The van der Waals surface area contributed by atoms with Crippen molar-refractivity contribution < 1.29 is 22.8 Å². The highest BCUT2D eigenvalue weighted by molar-refractivity contribution is 7.89. The molecule has 1 saturated heterocycles. The fourth-order valence-corrected chi connectivity index (χ4v) is 4.26. The van der Waals surface area contributed by atoms with Gasteiger partial charge in [-0.05, 0) is 37.1 Å². The van der Waals surface area contributed by atoms with Gasteiger partial charge in [-0.2, -0.15) is 0 Å². The third-order valence-electron chi connectivity index (χ3n) is 4.18. The first-order valence-electron chi connectivity index (χ1n) is 8.51. The Morgan fingerprint density at radius 3 is 2.44 bits per heavy atom. The molecule has 3 amide bonds. The summed E-state index contributed by atoms with van der Waals surface area (Å²) in [6, 6.07) is 4.74. The molecule has 2 N–H and O–H groups in total. The molecule has 1 heterocycles. The smallest absolute Gasteiger partial charge is 0.313 e. The van der Waals surface area contributed by atoms with Crippen LogP contribution in [0.4, 0.5) is 5.69 Å². The van der Waals surface area contributed by atoms with E-state index in [1.165, 1.54) is 9.21 Å². The van der Waals surface area contributed by atoms with E-state index in [0.29, 0.717) is 29.8 Å². The first kappa shape index (κ1) is 20.8. The number of rotatable bonds is 5. The molecule has 0 unspecified atom stereocenters. The minimum Gasteiger partial charge on any atom is -0.347 e. The van der Waals surface area contributed by atoms with Crippen molar-refractivity contribution in [3.05, 3.63) is 29.3 Å². The molecule has 0 spiro atoms. The molecule has 0 atom stereocenters. The maximum absolute atomic E-state index is 12.0. The van der Waals surface area contributed by atoms with Crippen LogP contribution in [0.1, 0.15) is 22.3 Å². The number of nitrogens with zero attached hydrogens (tertiary/aromatic N) is 2. The van der Waals surface area contributed by atoms with Crippen molar-refractivity contribution in [1.82, 2.24) is 14.5 Å². The number of hydrogen-bond donors (Lipinski definition) is 2. The van der Waals surface area contributed by atoms with Gasteiger partial charge in [0.2, 0.25) is 10.0 Å². The number of amides is 3. The van der Waals surface area contributed by atoms with Crippen LogP contribution in [-0.2, 0) is 19.6 Å². The summed E-state index contributed by atoms with van der Waals surface area (Å²) in [6.45, 7) is 2.37. The van der Waals surface area contributed by atoms with Crippen LogP contribution in [0.3, 0.4) is 0 Å². The standard InChI is InChI=1S/C17H24N4O5S/c1-12-11-13(5-6-14(12)17(24)20(2)3)19-16(23)15(22)18-7-9-21-8-4-10-27(21,25)26/h5-6,11H,4,7-10H2,1-3H3,(H,18,22)(H,19,23). The van der Waals surface area contributed by atoms with E-state index >= 15 is 0 Å². The van der Waals surface area contributed by atoms with Crippen LogP contribution in [-0.4, -0.2) is 74.8 Å². The quantitative estimate of drug-likeness (QED) is 0.668. The maximum atomic E-state index is 12.0. The Hall–Kier alpha value is -2.46. The lowest BCUT2D eigenvalue weighted by Crippen LogP contribution is -2.40. The van der Waals surface area contributed by atoms with Crippen molar-refractivity contribution in [2.45, 2.75) is 13.3 Å². The SMILES string of the molecule is Cc1cc(NC(=O)C(=O)NCCN2CCCS2(=O)=O)ccc1C(=O)N(C)C. The van der Waals surface area contributed by atoms with Crippen LogP contribution in [0.5, 0.6) is 0 Å². The molecular weight excluding hydrogens is 372 g/mol. The normalized spacial score (nSPS) is 16.0. The Balaban J connectivity index is 1.88. The third kappa shape index (κ3) is 5.27. The number of sulfonamides is 1. The lowest BCUT2D eigenvalue weighted by Gasteiger charge is -2.15. The highest BCUT2D eigenvalue weighted by atomic mass is 32.2. The van der Waals surface area contributed by atoms with Gasteiger partial charge >= 0.3 is 11.8 Å². The van der Waals surface area contributed by atoms with E-state index in [9.17, 15) is 22.8 Å². The maximum Gasteiger partial charge on any atom is 0.313 e. The van der Waals surface area contributed by atoms with Gasteiger partial charge in [0, 0.05) is 45.0 Å². The van der Waals surface area contributed by atoms with E-state index in [4.69, 9.17) is 0 Å². The number of carbonyl (C=O) groups is 3. The van der Waals surface area contributed by atoms with E-state index < -0.39 is 21.8 Å². The van der Waals surface area contributed by atoms with Crippen molar-refractivity contribution in [3.63, 3.8) is 0 Å². The van der Waals surface area contributed by atoms with Crippen LogP contribution in [0.25, 0.3) is 0 Å². The summed E-state index contributed by atoms with van der Waals surface area (Å²) >= 11 is 0. The fraction of sp³-hybridized carbons (Fsp3) is 0.471. The summed E-state index contributed by atoms with van der Waals surface area (Å²) in [5, 5.41) is 4.87. The predicted molar refractivity (Wildman–Crippen MR) is 101 cm³/mol.